The molecule has 0 amide bonds. The molecule has 2 aromatic heterocycles. The molecule has 3 rings (SSSR count). The molecule has 0 saturated carbocycles. The van der Waals surface area contributed by atoms with Crippen molar-refractivity contribution in [2.24, 2.45) is 0 Å². The lowest BCUT2D eigenvalue weighted by Crippen LogP contribution is -2.39. The van der Waals surface area contributed by atoms with Crippen LogP contribution in [0.3, 0.4) is 0 Å². The van der Waals surface area contributed by atoms with Gasteiger partial charge in [0.15, 0.2) is 5.82 Å². The topological polar surface area (TPSA) is 84.5 Å². The van der Waals surface area contributed by atoms with Gasteiger partial charge in [0.25, 0.3) is 5.89 Å². The van der Waals surface area contributed by atoms with E-state index in [1.54, 1.807) is 13.3 Å². The number of ether oxygens (including phenoxy) is 1. The Kier molecular flexibility index (Phi) is 4.12. The molecule has 1 atom stereocenters. The summed E-state index contributed by atoms with van der Waals surface area (Å²) in [6, 6.07) is 3.73. The molecule has 0 aliphatic carbocycles. The fraction of sp³-hybridized carbons (Fsp3) is 0.500. The maximum absolute atomic E-state index is 9.84. The fourth-order valence-electron chi connectivity index (χ4n) is 2.51. The molecule has 1 saturated heterocycles. The van der Waals surface area contributed by atoms with Crippen LogP contribution in [0.25, 0.3) is 11.5 Å². The lowest BCUT2D eigenvalue weighted by atomic mass is 10.1. The number of methoxy groups -OCH3 is 1. The highest BCUT2D eigenvalue weighted by Gasteiger charge is 2.23. The van der Waals surface area contributed by atoms with Crippen molar-refractivity contribution >= 4 is 5.82 Å². The van der Waals surface area contributed by atoms with Crippen LogP contribution in [0.5, 0.6) is 0 Å². The van der Waals surface area contributed by atoms with Crippen LogP contribution < -0.4 is 4.90 Å². The van der Waals surface area contributed by atoms with Gasteiger partial charge in [-0.2, -0.15) is 4.98 Å². The standard InChI is InChI=1S/C14H18N4O3/c1-20-9-12-16-14(21-17-12)11-5-2-6-15-13(11)18-7-3-4-10(19)8-18/h2,5-6,10,19H,3-4,7-9H2,1H3. The highest BCUT2D eigenvalue weighted by Crippen LogP contribution is 2.29. The van der Waals surface area contributed by atoms with Crippen LogP contribution in [0.4, 0.5) is 5.82 Å². The van der Waals surface area contributed by atoms with Gasteiger partial charge >= 0.3 is 0 Å². The Hall–Kier alpha value is -1.99. The van der Waals surface area contributed by atoms with Crippen LogP contribution in [0.15, 0.2) is 22.9 Å². The summed E-state index contributed by atoms with van der Waals surface area (Å²) >= 11 is 0. The molecule has 1 fully saturated rings. The Morgan fingerprint density at radius 3 is 3.24 bits per heavy atom. The molecule has 0 aromatic carbocycles. The van der Waals surface area contributed by atoms with Crippen LogP contribution >= 0.6 is 0 Å². The molecule has 7 heteroatoms. The zero-order valence-electron chi connectivity index (χ0n) is 11.9. The van der Waals surface area contributed by atoms with Crippen LogP contribution in [-0.2, 0) is 11.3 Å². The van der Waals surface area contributed by atoms with Crippen LogP contribution in [0, 0.1) is 0 Å². The lowest BCUT2D eigenvalue weighted by Gasteiger charge is -2.31. The van der Waals surface area contributed by atoms with Gasteiger partial charge in [-0.3, -0.25) is 0 Å². The summed E-state index contributed by atoms with van der Waals surface area (Å²) in [5.41, 5.74) is 0.779. The van der Waals surface area contributed by atoms with E-state index in [0.29, 0.717) is 24.9 Å². The molecule has 1 aliphatic rings. The number of anilines is 1. The Morgan fingerprint density at radius 2 is 2.43 bits per heavy atom. The minimum Gasteiger partial charge on any atom is -0.391 e. The number of aliphatic hydroxyl groups excluding tert-OH is 1. The summed E-state index contributed by atoms with van der Waals surface area (Å²) in [4.78, 5) is 10.8. The largest absolute Gasteiger partial charge is 0.391 e. The van der Waals surface area contributed by atoms with Gasteiger partial charge in [0.1, 0.15) is 12.4 Å². The van der Waals surface area contributed by atoms with E-state index < -0.39 is 0 Å². The predicted molar refractivity (Wildman–Crippen MR) is 75.7 cm³/mol. The molecule has 1 N–H and O–H groups in total. The van der Waals surface area contributed by atoms with Gasteiger partial charge in [0.05, 0.1) is 11.7 Å². The quantitative estimate of drug-likeness (QED) is 0.906. The highest BCUT2D eigenvalue weighted by atomic mass is 16.5. The van der Waals surface area contributed by atoms with E-state index in [1.807, 2.05) is 12.1 Å². The molecular formula is C14H18N4O3. The molecule has 0 spiro atoms. The van der Waals surface area contributed by atoms with Gasteiger partial charge in [0.2, 0.25) is 0 Å². The SMILES string of the molecule is COCc1noc(-c2cccnc2N2CCCC(O)C2)n1. The molecule has 0 radical (unpaired) electrons. The van der Waals surface area contributed by atoms with E-state index in [0.717, 1.165) is 30.8 Å². The third kappa shape index (κ3) is 3.03. The van der Waals surface area contributed by atoms with Gasteiger partial charge in [-0.05, 0) is 25.0 Å². The average Bonchev–Trinajstić information content (AvgIpc) is 2.96. The van der Waals surface area contributed by atoms with E-state index in [1.165, 1.54) is 0 Å². The van der Waals surface area contributed by atoms with Gasteiger partial charge < -0.3 is 19.3 Å². The first-order chi connectivity index (χ1) is 10.3. The smallest absolute Gasteiger partial charge is 0.261 e. The monoisotopic (exact) mass is 290 g/mol. The van der Waals surface area contributed by atoms with E-state index in [9.17, 15) is 5.11 Å². The summed E-state index contributed by atoms with van der Waals surface area (Å²) in [6.07, 6.45) is 3.18. The number of nitrogens with zero attached hydrogens (tertiary/aromatic N) is 4. The first-order valence-corrected chi connectivity index (χ1v) is 6.98. The molecule has 2 aromatic rings. The Bertz CT molecular complexity index is 601. The minimum absolute atomic E-state index is 0.307. The van der Waals surface area contributed by atoms with Gasteiger partial charge in [-0.1, -0.05) is 5.16 Å². The van der Waals surface area contributed by atoms with Gasteiger partial charge in [0, 0.05) is 26.4 Å². The van der Waals surface area contributed by atoms with Crippen LogP contribution in [0.2, 0.25) is 0 Å². The van der Waals surface area contributed by atoms with E-state index in [4.69, 9.17) is 9.26 Å². The normalized spacial score (nSPS) is 19.0. The van der Waals surface area contributed by atoms with E-state index in [-0.39, 0.29) is 6.10 Å². The Balaban J connectivity index is 1.91. The van der Waals surface area contributed by atoms with Crippen molar-refractivity contribution in [2.75, 3.05) is 25.1 Å². The minimum atomic E-state index is -0.319. The maximum Gasteiger partial charge on any atom is 0.261 e. The van der Waals surface area contributed by atoms with Crippen molar-refractivity contribution in [1.82, 2.24) is 15.1 Å². The van der Waals surface area contributed by atoms with Gasteiger partial charge in [-0.25, -0.2) is 4.98 Å². The molecule has 112 valence electrons. The summed E-state index contributed by atoms with van der Waals surface area (Å²) in [5, 5.41) is 13.7. The molecule has 1 aliphatic heterocycles. The summed E-state index contributed by atoms with van der Waals surface area (Å²) in [5.74, 6) is 1.69. The number of hydrogen-bond donors (Lipinski definition) is 1. The van der Waals surface area contributed by atoms with Crippen molar-refractivity contribution < 1.29 is 14.4 Å². The zero-order valence-corrected chi connectivity index (χ0v) is 11.9. The second-order valence-electron chi connectivity index (χ2n) is 5.07. The molecule has 21 heavy (non-hydrogen) atoms. The molecule has 0 bridgehead atoms. The fourth-order valence-corrected chi connectivity index (χ4v) is 2.51. The molecular weight excluding hydrogens is 272 g/mol. The van der Waals surface area contributed by atoms with Crippen LogP contribution in [0.1, 0.15) is 18.7 Å². The third-order valence-electron chi connectivity index (χ3n) is 3.45. The van der Waals surface area contributed by atoms with Crippen molar-refractivity contribution in [3.63, 3.8) is 0 Å². The summed E-state index contributed by atoms with van der Waals surface area (Å²) in [7, 11) is 1.58. The first-order valence-electron chi connectivity index (χ1n) is 6.98. The van der Waals surface area contributed by atoms with Crippen molar-refractivity contribution in [3.8, 4) is 11.5 Å². The Morgan fingerprint density at radius 1 is 1.52 bits per heavy atom. The lowest BCUT2D eigenvalue weighted by molar-refractivity contribution is 0.154. The zero-order chi connectivity index (χ0) is 14.7. The van der Waals surface area contributed by atoms with Gasteiger partial charge in [-0.15, -0.1) is 0 Å². The van der Waals surface area contributed by atoms with E-state index >= 15 is 0 Å². The van der Waals surface area contributed by atoms with Crippen molar-refractivity contribution in [3.05, 3.63) is 24.2 Å². The molecule has 3 heterocycles. The number of hydrogen-bond acceptors (Lipinski definition) is 7. The summed E-state index contributed by atoms with van der Waals surface area (Å²) in [6.45, 7) is 1.74. The highest BCUT2D eigenvalue weighted by molar-refractivity contribution is 5.69. The predicted octanol–water partition coefficient (Wildman–Crippen LogP) is 1.24. The summed E-state index contributed by atoms with van der Waals surface area (Å²) < 4.78 is 10.3. The third-order valence-corrected chi connectivity index (χ3v) is 3.45. The second-order valence-corrected chi connectivity index (χ2v) is 5.07. The van der Waals surface area contributed by atoms with Crippen molar-refractivity contribution in [2.45, 2.75) is 25.6 Å². The number of rotatable bonds is 4. The first kappa shape index (κ1) is 14.0. The number of piperidine rings is 1. The number of aromatic nitrogens is 3. The number of β-amino-alcohol motifs (C(OH)–C–C–N with tert-alkyl or cyclic N) is 1. The molecule has 7 nitrogen and oxygen atoms in total. The number of pyridine rings is 1. The van der Waals surface area contributed by atoms with Crippen molar-refractivity contribution in [1.29, 1.82) is 0 Å². The maximum atomic E-state index is 9.84. The van der Waals surface area contributed by atoms with E-state index in [2.05, 4.69) is 20.0 Å². The Labute approximate surface area is 122 Å². The number of aliphatic hydroxyl groups is 1. The molecule has 1 unspecified atom stereocenters. The second kappa shape index (κ2) is 6.19. The van der Waals surface area contributed by atoms with Crippen LogP contribution in [-0.4, -0.2) is 46.5 Å². The average molecular weight is 290 g/mol.